The van der Waals surface area contributed by atoms with Gasteiger partial charge in [-0.05, 0) is 43.8 Å². The van der Waals surface area contributed by atoms with Crippen molar-refractivity contribution in [1.29, 1.82) is 0 Å². The fourth-order valence-corrected chi connectivity index (χ4v) is 5.34. The van der Waals surface area contributed by atoms with E-state index in [1.54, 1.807) is 0 Å². The molecule has 26 heavy (non-hydrogen) atoms. The molecule has 0 aliphatic heterocycles. The molecule has 1 aliphatic carbocycles. The summed E-state index contributed by atoms with van der Waals surface area (Å²) in [5.41, 5.74) is 0. The Labute approximate surface area is 185 Å². The summed E-state index contributed by atoms with van der Waals surface area (Å²) in [5, 5.41) is 0.639. The highest BCUT2D eigenvalue weighted by molar-refractivity contribution is 14.1. The van der Waals surface area contributed by atoms with Crippen molar-refractivity contribution in [3.05, 3.63) is 23.3 Å². The molecule has 0 bridgehead atoms. The Morgan fingerprint density at radius 2 is 1.69 bits per heavy atom. The first-order chi connectivity index (χ1) is 12.4. The number of unbranched alkanes of at least 4 members (excludes halogenated alkanes) is 6. The van der Waals surface area contributed by atoms with Gasteiger partial charge in [-0.3, -0.25) is 0 Å². The summed E-state index contributed by atoms with van der Waals surface area (Å²) in [6.45, 7) is 8.58. The molecule has 0 N–H and O–H groups in total. The topological polar surface area (TPSA) is 0 Å². The van der Waals surface area contributed by atoms with Crippen molar-refractivity contribution >= 4 is 45.8 Å². The van der Waals surface area contributed by atoms with Crippen LogP contribution in [-0.4, -0.2) is 39.5 Å². The number of allylic oxidation sites excluding steroid dienone is 3. The van der Waals surface area contributed by atoms with Crippen LogP contribution in [0.15, 0.2) is 23.3 Å². The molecule has 2 atom stereocenters. The van der Waals surface area contributed by atoms with Crippen molar-refractivity contribution in [2.45, 2.75) is 74.0 Å². The van der Waals surface area contributed by atoms with E-state index in [-0.39, 0.29) is 8.80 Å². The third kappa shape index (κ3) is 8.13. The number of hydrogen-bond donors (Lipinski definition) is 0. The van der Waals surface area contributed by atoms with Crippen molar-refractivity contribution in [3.8, 4) is 12.3 Å². The average molecular weight is 511 g/mol. The van der Waals surface area contributed by atoms with E-state index in [1.807, 2.05) is 12.2 Å². The van der Waals surface area contributed by atoms with Gasteiger partial charge in [0.1, 0.15) is 9.97 Å². The number of quaternary nitrogens is 1. The first-order valence-corrected chi connectivity index (χ1v) is 12.0. The minimum atomic E-state index is -0.135. The first kappa shape index (κ1) is 24.3. The Kier molecular flexibility index (Phi) is 11.9. The van der Waals surface area contributed by atoms with Crippen LogP contribution < -0.4 is 0 Å². The number of hydrogen-bond acceptors (Lipinski definition) is 0. The van der Waals surface area contributed by atoms with Crippen LogP contribution in [-0.2, 0) is 0 Å². The van der Waals surface area contributed by atoms with Crippen molar-refractivity contribution < 1.29 is 4.48 Å². The lowest BCUT2D eigenvalue weighted by Crippen LogP contribution is -2.58. The molecule has 0 aromatic heterocycles. The normalized spacial score (nSPS) is 22.9. The van der Waals surface area contributed by atoms with Crippen molar-refractivity contribution in [3.63, 3.8) is 0 Å². The molecule has 1 nitrogen and oxygen atoms in total. The molecule has 0 saturated heterocycles. The van der Waals surface area contributed by atoms with Crippen LogP contribution in [0.2, 0.25) is 0 Å². The van der Waals surface area contributed by atoms with E-state index in [1.165, 1.54) is 51.4 Å². The third-order valence-corrected chi connectivity index (χ3v) is 7.77. The highest BCUT2D eigenvalue weighted by Gasteiger charge is 2.42. The van der Waals surface area contributed by atoms with Gasteiger partial charge in [0.15, 0.2) is 0 Å². The van der Waals surface area contributed by atoms with Gasteiger partial charge in [0.2, 0.25) is 0 Å². The Morgan fingerprint density at radius 3 is 2.15 bits per heavy atom. The highest BCUT2D eigenvalue weighted by atomic mass is 127. The monoisotopic (exact) mass is 510 g/mol. The van der Waals surface area contributed by atoms with Gasteiger partial charge in [0, 0.05) is 5.03 Å². The highest BCUT2D eigenvalue weighted by Crippen LogP contribution is 2.38. The second-order valence-electron chi connectivity index (χ2n) is 7.64. The van der Waals surface area contributed by atoms with E-state index in [9.17, 15) is 0 Å². The summed E-state index contributed by atoms with van der Waals surface area (Å²) in [6, 6.07) is 0. The predicted octanol–water partition coefficient (Wildman–Crippen LogP) is 7.07. The van der Waals surface area contributed by atoms with Gasteiger partial charge < -0.3 is 4.48 Å². The van der Waals surface area contributed by atoms with Gasteiger partial charge in [-0.1, -0.05) is 79.8 Å². The van der Waals surface area contributed by atoms with Gasteiger partial charge in [-0.25, -0.2) is 0 Å². The third-order valence-electron chi connectivity index (χ3n) is 5.26. The average Bonchev–Trinajstić information content (AvgIpc) is 2.60. The fourth-order valence-electron chi connectivity index (χ4n) is 3.72. The maximum Gasteiger partial charge on any atom is 0.140 e. The van der Waals surface area contributed by atoms with Crippen LogP contribution in [0.3, 0.4) is 0 Å². The van der Waals surface area contributed by atoms with E-state index in [2.05, 4.69) is 48.4 Å². The molecule has 0 amide bonds. The van der Waals surface area contributed by atoms with E-state index in [0.29, 0.717) is 0 Å². The zero-order chi connectivity index (χ0) is 19.5. The summed E-state index contributed by atoms with van der Waals surface area (Å²) in [4.78, 5) is 0. The molecule has 0 aromatic rings. The Hall–Kier alpha value is 0.310. The van der Waals surface area contributed by atoms with Gasteiger partial charge in [-0.15, -0.1) is 18.0 Å². The number of alkyl halides is 2. The van der Waals surface area contributed by atoms with Gasteiger partial charge in [0.05, 0.1) is 25.0 Å². The SMILES string of the molecule is C#CC[N+](CCCCCC)(CCCCCC)CC1(I)C=CC(Cl)=CC1Cl. The van der Waals surface area contributed by atoms with Crippen LogP contribution in [0.5, 0.6) is 0 Å². The second-order valence-corrected chi connectivity index (χ2v) is 10.6. The second kappa shape index (κ2) is 12.7. The van der Waals surface area contributed by atoms with Crippen molar-refractivity contribution in [1.82, 2.24) is 0 Å². The van der Waals surface area contributed by atoms with Gasteiger partial charge in [-0.2, -0.15) is 0 Å². The van der Waals surface area contributed by atoms with Gasteiger partial charge >= 0.3 is 0 Å². The quantitative estimate of drug-likeness (QED) is 0.0816. The van der Waals surface area contributed by atoms with Crippen LogP contribution >= 0.6 is 45.8 Å². The molecular weight excluding hydrogens is 476 g/mol. The summed E-state index contributed by atoms with van der Waals surface area (Å²) in [5.74, 6) is 2.98. The zero-order valence-corrected chi connectivity index (χ0v) is 20.1. The number of rotatable bonds is 13. The number of nitrogens with zero attached hydrogens (tertiary/aromatic N) is 1. The Balaban J connectivity index is 2.91. The predicted molar refractivity (Wildman–Crippen MR) is 126 cm³/mol. The largest absolute Gasteiger partial charge is 0.312 e. The summed E-state index contributed by atoms with van der Waals surface area (Å²) >= 11 is 15.4. The number of terminal acetylenes is 1. The molecular formula is C22H35Cl2IN+. The smallest absolute Gasteiger partial charge is 0.140 e. The van der Waals surface area contributed by atoms with Gasteiger partial charge in [0.25, 0.3) is 0 Å². The van der Waals surface area contributed by atoms with Crippen LogP contribution in [0.25, 0.3) is 0 Å². The molecule has 1 aliphatic rings. The maximum absolute atomic E-state index is 6.71. The molecule has 148 valence electrons. The van der Waals surface area contributed by atoms with Crippen LogP contribution in [0.4, 0.5) is 0 Å². The standard InChI is InChI=1S/C22H35Cl2IN/c1-4-7-9-11-16-26(15-6-3,17-12-10-8-5-2)19-22(25)14-13-20(23)18-21(22)24/h3,13-14,18,21H,4-5,7-12,15-17,19H2,1-2H3/q+1. The molecule has 0 aromatic carbocycles. The molecule has 0 spiro atoms. The summed E-state index contributed by atoms with van der Waals surface area (Å²) in [7, 11) is 0. The lowest BCUT2D eigenvalue weighted by Gasteiger charge is -2.44. The molecule has 0 saturated carbocycles. The minimum absolute atomic E-state index is 0.0952. The molecule has 0 heterocycles. The van der Waals surface area contributed by atoms with Crippen molar-refractivity contribution in [2.75, 3.05) is 26.2 Å². The van der Waals surface area contributed by atoms with Crippen molar-refractivity contribution in [2.24, 2.45) is 0 Å². The van der Waals surface area contributed by atoms with E-state index < -0.39 is 0 Å². The fraction of sp³-hybridized carbons (Fsp3) is 0.727. The minimum Gasteiger partial charge on any atom is -0.312 e. The molecule has 2 unspecified atom stereocenters. The maximum atomic E-state index is 6.71. The first-order valence-electron chi connectivity index (χ1n) is 10.1. The lowest BCUT2D eigenvalue weighted by atomic mass is 9.97. The zero-order valence-electron chi connectivity index (χ0n) is 16.5. The van der Waals surface area contributed by atoms with E-state index >= 15 is 0 Å². The summed E-state index contributed by atoms with van der Waals surface area (Å²) in [6.07, 6.45) is 22.2. The molecule has 4 heteroatoms. The van der Waals surface area contributed by atoms with Crippen LogP contribution in [0.1, 0.15) is 65.2 Å². The van der Waals surface area contributed by atoms with Crippen LogP contribution in [0, 0.1) is 12.3 Å². The molecule has 1 rings (SSSR count). The van der Waals surface area contributed by atoms with E-state index in [4.69, 9.17) is 29.6 Å². The lowest BCUT2D eigenvalue weighted by molar-refractivity contribution is -0.922. The summed E-state index contributed by atoms with van der Waals surface area (Å²) < 4.78 is 0.843. The number of halogens is 3. The Bertz CT molecular complexity index is 497. The molecule has 0 fully saturated rings. The van der Waals surface area contributed by atoms with E-state index in [0.717, 1.165) is 35.7 Å². The molecule has 0 radical (unpaired) electrons. The Morgan fingerprint density at radius 1 is 1.12 bits per heavy atom.